The molecular weight excluding hydrogens is 388 g/mol. The molecule has 160 valence electrons. The predicted octanol–water partition coefficient (Wildman–Crippen LogP) is 3.43. The molecule has 0 saturated heterocycles. The summed E-state index contributed by atoms with van der Waals surface area (Å²) in [4.78, 5) is 12.4. The van der Waals surface area contributed by atoms with E-state index in [4.69, 9.17) is 23.7 Å². The summed E-state index contributed by atoms with van der Waals surface area (Å²) in [6.07, 6.45) is 0.501. The maximum absolute atomic E-state index is 12.4. The lowest BCUT2D eigenvalue weighted by atomic mass is 9.97. The minimum Gasteiger partial charge on any atom is -0.497 e. The number of ether oxygens (including phenoxy) is 5. The Kier molecular flexibility index (Phi) is 6.34. The van der Waals surface area contributed by atoms with Crippen LogP contribution in [-0.2, 0) is 4.79 Å². The van der Waals surface area contributed by atoms with Gasteiger partial charge in [-0.3, -0.25) is 4.79 Å². The van der Waals surface area contributed by atoms with Gasteiger partial charge >= 0.3 is 0 Å². The van der Waals surface area contributed by atoms with Gasteiger partial charge in [0.1, 0.15) is 11.5 Å². The molecule has 1 amide bonds. The molecule has 1 aliphatic rings. The average molecular weight is 414 g/mol. The summed E-state index contributed by atoms with van der Waals surface area (Å²) in [7, 11) is 7.85. The Bertz CT molecular complexity index is 947. The molecule has 2 aromatic carbocycles. The number of benzene rings is 2. The summed E-state index contributed by atoms with van der Waals surface area (Å²) in [5, 5.41) is 6.07. The maximum atomic E-state index is 12.4. The van der Waals surface area contributed by atoms with E-state index in [1.807, 2.05) is 24.3 Å². The van der Waals surface area contributed by atoms with Crippen LogP contribution < -0.4 is 23.7 Å². The minimum atomic E-state index is -0.321. The molecule has 8 nitrogen and oxygen atoms in total. The molecule has 0 aliphatic carbocycles. The zero-order valence-corrected chi connectivity index (χ0v) is 18.0. The molecule has 1 aliphatic heterocycles. The maximum Gasteiger partial charge on any atom is 0.240 e. The van der Waals surface area contributed by atoms with E-state index in [0.717, 1.165) is 16.8 Å². The molecule has 1 atom stereocenters. The van der Waals surface area contributed by atoms with Crippen molar-refractivity contribution in [2.75, 3.05) is 35.5 Å². The van der Waals surface area contributed by atoms with Crippen LogP contribution in [0.1, 0.15) is 30.5 Å². The zero-order valence-electron chi connectivity index (χ0n) is 18.0. The molecule has 0 N–H and O–H groups in total. The van der Waals surface area contributed by atoms with Crippen molar-refractivity contribution < 1.29 is 28.5 Å². The third kappa shape index (κ3) is 3.85. The van der Waals surface area contributed by atoms with Gasteiger partial charge in [-0.2, -0.15) is 5.10 Å². The summed E-state index contributed by atoms with van der Waals surface area (Å²) in [6, 6.07) is 8.87. The first kappa shape index (κ1) is 21.3. The van der Waals surface area contributed by atoms with E-state index in [1.54, 1.807) is 41.6 Å². The van der Waals surface area contributed by atoms with Crippen LogP contribution in [0.25, 0.3) is 0 Å². The first-order valence-electron chi connectivity index (χ1n) is 9.36. The largest absolute Gasteiger partial charge is 0.497 e. The molecule has 30 heavy (non-hydrogen) atoms. The fourth-order valence-electron chi connectivity index (χ4n) is 3.55. The minimum absolute atomic E-state index is 0.170. The molecule has 0 fully saturated rings. The summed E-state index contributed by atoms with van der Waals surface area (Å²) < 4.78 is 27.1. The Labute approximate surface area is 175 Å². The highest BCUT2D eigenvalue weighted by Gasteiger charge is 2.34. The lowest BCUT2D eigenvalue weighted by molar-refractivity contribution is -0.130. The van der Waals surface area contributed by atoms with E-state index in [-0.39, 0.29) is 11.9 Å². The quantitative estimate of drug-likeness (QED) is 0.691. The van der Waals surface area contributed by atoms with Gasteiger partial charge in [-0.15, -0.1) is 0 Å². The summed E-state index contributed by atoms with van der Waals surface area (Å²) in [6.45, 7) is 1.49. The van der Waals surface area contributed by atoms with Crippen molar-refractivity contribution in [1.29, 1.82) is 0 Å². The van der Waals surface area contributed by atoms with Gasteiger partial charge in [0, 0.05) is 25.0 Å². The first-order valence-corrected chi connectivity index (χ1v) is 9.36. The van der Waals surface area contributed by atoms with Gasteiger partial charge in [-0.1, -0.05) is 0 Å². The van der Waals surface area contributed by atoms with Gasteiger partial charge in [0.2, 0.25) is 11.7 Å². The lowest BCUT2D eigenvalue weighted by Gasteiger charge is -2.22. The van der Waals surface area contributed by atoms with Crippen molar-refractivity contribution in [1.82, 2.24) is 5.01 Å². The van der Waals surface area contributed by atoms with E-state index in [0.29, 0.717) is 35.2 Å². The fraction of sp³-hybridized carbons (Fsp3) is 0.364. The van der Waals surface area contributed by atoms with Gasteiger partial charge in [-0.05, 0) is 29.8 Å². The molecule has 0 radical (unpaired) electrons. The number of hydrogen-bond acceptors (Lipinski definition) is 7. The molecule has 0 saturated carbocycles. The van der Waals surface area contributed by atoms with Crippen LogP contribution in [0.3, 0.4) is 0 Å². The Hall–Kier alpha value is -3.42. The molecule has 2 aromatic rings. The number of amides is 1. The first-order chi connectivity index (χ1) is 14.5. The topological polar surface area (TPSA) is 78.8 Å². The van der Waals surface area contributed by atoms with Crippen LogP contribution in [0.4, 0.5) is 0 Å². The van der Waals surface area contributed by atoms with Gasteiger partial charge in [0.25, 0.3) is 0 Å². The van der Waals surface area contributed by atoms with E-state index in [1.165, 1.54) is 11.9 Å². The second kappa shape index (κ2) is 8.94. The highest BCUT2D eigenvalue weighted by Crippen LogP contribution is 2.43. The van der Waals surface area contributed by atoms with Crippen molar-refractivity contribution in [2.45, 2.75) is 19.4 Å². The summed E-state index contributed by atoms with van der Waals surface area (Å²) in [5.41, 5.74) is 2.37. The zero-order chi connectivity index (χ0) is 21.8. The number of hydrazone groups is 1. The monoisotopic (exact) mass is 414 g/mol. The number of rotatable bonds is 7. The van der Waals surface area contributed by atoms with E-state index >= 15 is 0 Å². The summed E-state index contributed by atoms with van der Waals surface area (Å²) >= 11 is 0. The second-order valence-electron chi connectivity index (χ2n) is 6.66. The van der Waals surface area contributed by atoms with Crippen LogP contribution in [0.15, 0.2) is 35.4 Å². The van der Waals surface area contributed by atoms with Crippen molar-refractivity contribution in [3.63, 3.8) is 0 Å². The van der Waals surface area contributed by atoms with Crippen molar-refractivity contribution in [2.24, 2.45) is 5.10 Å². The highest BCUT2D eigenvalue weighted by atomic mass is 16.5. The fourth-order valence-corrected chi connectivity index (χ4v) is 3.55. The van der Waals surface area contributed by atoms with Crippen LogP contribution in [0.5, 0.6) is 28.7 Å². The van der Waals surface area contributed by atoms with E-state index in [9.17, 15) is 4.79 Å². The molecule has 1 heterocycles. The predicted molar refractivity (Wildman–Crippen MR) is 112 cm³/mol. The Balaban J connectivity index is 2.04. The Morgan fingerprint density at radius 1 is 0.900 bits per heavy atom. The van der Waals surface area contributed by atoms with Crippen LogP contribution in [0.2, 0.25) is 0 Å². The number of carbonyl (C=O) groups excluding carboxylic acids is 1. The van der Waals surface area contributed by atoms with Crippen molar-refractivity contribution >= 4 is 11.6 Å². The van der Waals surface area contributed by atoms with Gasteiger partial charge in [-0.25, -0.2) is 5.01 Å². The molecule has 0 aromatic heterocycles. The van der Waals surface area contributed by atoms with Crippen molar-refractivity contribution in [3.8, 4) is 28.7 Å². The van der Waals surface area contributed by atoms with Gasteiger partial charge < -0.3 is 23.7 Å². The van der Waals surface area contributed by atoms with Crippen LogP contribution in [-0.4, -0.2) is 52.2 Å². The number of methoxy groups -OCH3 is 5. The van der Waals surface area contributed by atoms with Crippen molar-refractivity contribution in [3.05, 3.63) is 41.5 Å². The van der Waals surface area contributed by atoms with Crippen LogP contribution >= 0.6 is 0 Å². The molecule has 0 spiro atoms. The second-order valence-corrected chi connectivity index (χ2v) is 6.66. The van der Waals surface area contributed by atoms with E-state index in [2.05, 4.69) is 5.10 Å². The molecule has 8 heteroatoms. The normalized spacial score (nSPS) is 15.5. The van der Waals surface area contributed by atoms with Crippen LogP contribution in [0, 0.1) is 0 Å². The third-order valence-electron chi connectivity index (χ3n) is 5.02. The van der Waals surface area contributed by atoms with Gasteiger partial charge in [0.15, 0.2) is 11.5 Å². The van der Waals surface area contributed by atoms with E-state index < -0.39 is 0 Å². The molecule has 3 rings (SSSR count). The number of nitrogens with zero attached hydrogens (tertiary/aromatic N) is 2. The summed E-state index contributed by atoms with van der Waals surface area (Å²) in [5.74, 6) is 2.67. The molecule has 0 unspecified atom stereocenters. The third-order valence-corrected chi connectivity index (χ3v) is 5.02. The lowest BCUT2D eigenvalue weighted by Crippen LogP contribution is -2.24. The standard InChI is InChI=1S/C22H26N2O6/c1-13(25)24-18(14-9-20(28-4)22(30-6)21(10-14)29-5)12-17(23-24)16-8-7-15(26-2)11-19(16)27-3/h7-11,18H,12H2,1-6H3/t18-/m1/s1. The molecule has 0 bridgehead atoms. The van der Waals surface area contributed by atoms with Gasteiger partial charge in [0.05, 0.1) is 47.3 Å². The Morgan fingerprint density at radius 2 is 1.53 bits per heavy atom. The highest BCUT2D eigenvalue weighted by molar-refractivity contribution is 6.05. The number of hydrogen-bond donors (Lipinski definition) is 0. The SMILES string of the molecule is COc1ccc(C2=NN(C(C)=O)[C@@H](c3cc(OC)c(OC)c(OC)c3)C2)c(OC)c1. The average Bonchev–Trinajstić information content (AvgIpc) is 3.23. The number of carbonyl (C=O) groups is 1. The molecular formula is C22H26N2O6. The Morgan fingerprint density at radius 3 is 2.03 bits per heavy atom. The smallest absolute Gasteiger partial charge is 0.240 e.